The van der Waals surface area contributed by atoms with Gasteiger partial charge in [-0.15, -0.1) is 0 Å². The number of nitrogens with zero attached hydrogens (tertiary/aromatic N) is 1. The standard InChI is InChI=1S/C10H10BrNO/c1-8(12-13)10(11)7-9-5-3-2-4-6-9/h2-7,13H,1H3/b10-7-,12-8+. The summed E-state index contributed by atoms with van der Waals surface area (Å²) in [5, 5.41) is 11.6. The van der Waals surface area contributed by atoms with Crippen molar-refractivity contribution in [2.75, 3.05) is 0 Å². The highest BCUT2D eigenvalue weighted by molar-refractivity contribution is 9.12. The van der Waals surface area contributed by atoms with Crippen LogP contribution in [0.1, 0.15) is 12.5 Å². The number of hydrogen-bond donors (Lipinski definition) is 1. The molecule has 0 fully saturated rings. The quantitative estimate of drug-likeness (QED) is 0.480. The molecule has 68 valence electrons. The van der Waals surface area contributed by atoms with E-state index in [9.17, 15) is 0 Å². The van der Waals surface area contributed by atoms with Crippen molar-refractivity contribution in [1.82, 2.24) is 0 Å². The number of halogens is 1. The molecule has 2 nitrogen and oxygen atoms in total. The third-order valence-corrected chi connectivity index (χ3v) is 2.39. The van der Waals surface area contributed by atoms with E-state index in [1.165, 1.54) is 0 Å². The largest absolute Gasteiger partial charge is 0.411 e. The molecule has 1 rings (SSSR count). The van der Waals surface area contributed by atoms with Crippen molar-refractivity contribution in [3.8, 4) is 0 Å². The molecule has 0 aliphatic heterocycles. The second-order valence-electron chi connectivity index (χ2n) is 2.59. The average Bonchev–Trinajstić information content (AvgIpc) is 2.18. The summed E-state index contributed by atoms with van der Waals surface area (Å²) in [6, 6.07) is 9.82. The van der Waals surface area contributed by atoms with E-state index in [2.05, 4.69) is 21.1 Å². The van der Waals surface area contributed by atoms with Crippen LogP contribution in [0.15, 0.2) is 40.0 Å². The highest BCUT2D eigenvalue weighted by Gasteiger charge is 1.96. The maximum Gasteiger partial charge on any atom is 0.0906 e. The molecule has 0 heterocycles. The Bertz CT molecular complexity index is 330. The number of allylic oxidation sites excluding steroid dienone is 1. The van der Waals surface area contributed by atoms with Crippen LogP contribution in [0.5, 0.6) is 0 Å². The Kier molecular flexibility index (Phi) is 3.71. The highest BCUT2D eigenvalue weighted by atomic mass is 79.9. The summed E-state index contributed by atoms with van der Waals surface area (Å²) in [6.07, 6.45) is 1.90. The van der Waals surface area contributed by atoms with Gasteiger partial charge in [-0.2, -0.15) is 0 Å². The fraction of sp³-hybridized carbons (Fsp3) is 0.100. The Morgan fingerprint density at radius 2 is 2.00 bits per heavy atom. The first-order chi connectivity index (χ1) is 6.24. The van der Waals surface area contributed by atoms with Crippen molar-refractivity contribution in [3.63, 3.8) is 0 Å². The van der Waals surface area contributed by atoms with Gasteiger partial charge in [0.15, 0.2) is 0 Å². The van der Waals surface area contributed by atoms with Crippen LogP contribution in [0, 0.1) is 0 Å². The van der Waals surface area contributed by atoms with Crippen LogP contribution in [0.25, 0.3) is 6.08 Å². The zero-order valence-electron chi connectivity index (χ0n) is 7.24. The molecular weight excluding hydrogens is 230 g/mol. The molecule has 0 aliphatic carbocycles. The summed E-state index contributed by atoms with van der Waals surface area (Å²) in [5.74, 6) is 0. The van der Waals surface area contributed by atoms with E-state index in [0.29, 0.717) is 5.71 Å². The van der Waals surface area contributed by atoms with E-state index in [-0.39, 0.29) is 0 Å². The van der Waals surface area contributed by atoms with Gasteiger partial charge in [0.1, 0.15) is 0 Å². The lowest BCUT2D eigenvalue weighted by atomic mass is 10.2. The van der Waals surface area contributed by atoms with Crippen LogP contribution in [0.4, 0.5) is 0 Å². The average molecular weight is 240 g/mol. The predicted octanol–water partition coefficient (Wildman–Crippen LogP) is 3.27. The first-order valence-corrected chi connectivity index (χ1v) is 4.64. The number of hydrogen-bond acceptors (Lipinski definition) is 2. The van der Waals surface area contributed by atoms with Gasteiger partial charge in [-0.1, -0.05) is 35.5 Å². The van der Waals surface area contributed by atoms with Crippen molar-refractivity contribution in [3.05, 3.63) is 40.4 Å². The van der Waals surface area contributed by atoms with Gasteiger partial charge < -0.3 is 5.21 Å². The summed E-state index contributed by atoms with van der Waals surface area (Å²) in [4.78, 5) is 0. The number of benzene rings is 1. The Morgan fingerprint density at radius 1 is 1.38 bits per heavy atom. The van der Waals surface area contributed by atoms with E-state index in [1.54, 1.807) is 6.92 Å². The molecule has 1 aromatic carbocycles. The van der Waals surface area contributed by atoms with Gasteiger partial charge in [0.2, 0.25) is 0 Å². The van der Waals surface area contributed by atoms with E-state index in [1.807, 2.05) is 36.4 Å². The first-order valence-electron chi connectivity index (χ1n) is 3.85. The van der Waals surface area contributed by atoms with Gasteiger partial charge in [-0.3, -0.25) is 0 Å². The van der Waals surface area contributed by atoms with Crippen LogP contribution in [-0.2, 0) is 0 Å². The fourth-order valence-electron chi connectivity index (χ4n) is 0.848. The SMILES string of the molecule is CC(=N\O)/C(Br)=C/c1ccccc1. The molecule has 1 aromatic rings. The fourth-order valence-corrected chi connectivity index (χ4v) is 1.19. The first kappa shape index (κ1) is 9.99. The molecular formula is C10H10BrNO. The van der Waals surface area contributed by atoms with Gasteiger partial charge in [0, 0.05) is 4.48 Å². The van der Waals surface area contributed by atoms with E-state index in [0.717, 1.165) is 10.0 Å². The summed E-state index contributed by atoms with van der Waals surface area (Å²) in [5.41, 5.74) is 1.63. The van der Waals surface area contributed by atoms with E-state index >= 15 is 0 Å². The second kappa shape index (κ2) is 4.82. The molecule has 0 atom stereocenters. The summed E-state index contributed by atoms with van der Waals surface area (Å²) < 4.78 is 0.779. The summed E-state index contributed by atoms with van der Waals surface area (Å²) in [6.45, 7) is 1.73. The van der Waals surface area contributed by atoms with E-state index < -0.39 is 0 Å². The Morgan fingerprint density at radius 3 is 2.54 bits per heavy atom. The zero-order chi connectivity index (χ0) is 9.68. The smallest absolute Gasteiger partial charge is 0.0906 e. The molecule has 13 heavy (non-hydrogen) atoms. The topological polar surface area (TPSA) is 32.6 Å². The van der Waals surface area contributed by atoms with Crippen LogP contribution in [0.2, 0.25) is 0 Å². The Labute approximate surface area is 85.7 Å². The predicted molar refractivity (Wildman–Crippen MR) is 58.2 cm³/mol. The monoisotopic (exact) mass is 239 g/mol. The van der Waals surface area contributed by atoms with Crippen molar-refractivity contribution in [2.24, 2.45) is 5.16 Å². The van der Waals surface area contributed by atoms with Crippen LogP contribution in [-0.4, -0.2) is 10.9 Å². The van der Waals surface area contributed by atoms with Crippen LogP contribution < -0.4 is 0 Å². The lowest BCUT2D eigenvalue weighted by Crippen LogP contribution is -1.89. The van der Waals surface area contributed by atoms with Crippen molar-refractivity contribution in [2.45, 2.75) is 6.92 Å². The lowest BCUT2D eigenvalue weighted by molar-refractivity contribution is 0.319. The molecule has 0 aliphatic rings. The Balaban J connectivity index is 2.89. The van der Waals surface area contributed by atoms with Crippen molar-refractivity contribution < 1.29 is 5.21 Å². The molecule has 0 bridgehead atoms. The van der Waals surface area contributed by atoms with Crippen LogP contribution in [0.3, 0.4) is 0 Å². The second-order valence-corrected chi connectivity index (χ2v) is 3.44. The maximum absolute atomic E-state index is 8.50. The number of oxime groups is 1. The molecule has 0 radical (unpaired) electrons. The van der Waals surface area contributed by atoms with Crippen molar-refractivity contribution >= 4 is 27.7 Å². The van der Waals surface area contributed by atoms with Crippen molar-refractivity contribution in [1.29, 1.82) is 0 Å². The molecule has 0 unspecified atom stereocenters. The maximum atomic E-state index is 8.50. The molecule has 1 N–H and O–H groups in total. The summed E-state index contributed by atoms with van der Waals surface area (Å²) >= 11 is 3.31. The third-order valence-electron chi connectivity index (χ3n) is 1.59. The van der Waals surface area contributed by atoms with Gasteiger partial charge in [0.05, 0.1) is 5.71 Å². The molecule has 0 saturated carbocycles. The molecule has 3 heteroatoms. The summed E-state index contributed by atoms with van der Waals surface area (Å²) in [7, 11) is 0. The number of rotatable bonds is 2. The lowest BCUT2D eigenvalue weighted by Gasteiger charge is -1.96. The normalized spacial score (nSPS) is 13.1. The molecule has 0 amide bonds. The third kappa shape index (κ3) is 3.03. The van der Waals surface area contributed by atoms with E-state index in [4.69, 9.17) is 5.21 Å². The van der Waals surface area contributed by atoms with Crippen LogP contribution >= 0.6 is 15.9 Å². The minimum absolute atomic E-state index is 0.559. The Hall–Kier alpha value is -1.09. The minimum atomic E-state index is 0.559. The highest BCUT2D eigenvalue weighted by Crippen LogP contribution is 2.13. The van der Waals surface area contributed by atoms with Gasteiger partial charge in [-0.05, 0) is 34.5 Å². The molecule has 0 aromatic heterocycles. The van der Waals surface area contributed by atoms with Gasteiger partial charge in [0.25, 0.3) is 0 Å². The molecule has 0 spiro atoms. The van der Waals surface area contributed by atoms with Gasteiger partial charge >= 0.3 is 0 Å². The van der Waals surface area contributed by atoms with Gasteiger partial charge in [-0.25, -0.2) is 0 Å². The zero-order valence-corrected chi connectivity index (χ0v) is 8.82. The minimum Gasteiger partial charge on any atom is -0.411 e. The molecule has 0 saturated heterocycles.